The highest BCUT2D eigenvalue weighted by Crippen LogP contribution is 2.20. The summed E-state index contributed by atoms with van der Waals surface area (Å²) in [5.74, 6) is 0.920. The average Bonchev–Trinajstić information content (AvgIpc) is 3.36. The van der Waals surface area contributed by atoms with Crippen molar-refractivity contribution in [3.05, 3.63) is 95.1 Å². The van der Waals surface area contributed by atoms with Gasteiger partial charge < -0.3 is 24.3 Å². The minimum absolute atomic E-state index is 0.0372. The summed E-state index contributed by atoms with van der Waals surface area (Å²) in [5.41, 5.74) is 3.20. The number of halogens is 1. The summed E-state index contributed by atoms with van der Waals surface area (Å²) < 4.78 is 10.9. The van der Waals surface area contributed by atoms with Gasteiger partial charge in [0.05, 0.1) is 7.11 Å². The number of nitrogens with zero attached hydrogens (tertiary/aromatic N) is 2. The molecular formula is C31H34ClN3O4. The van der Waals surface area contributed by atoms with Crippen molar-refractivity contribution in [2.45, 2.75) is 32.9 Å². The number of hydrogen-bond acceptors (Lipinski definition) is 4. The van der Waals surface area contributed by atoms with E-state index in [4.69, 9.17) is 21.1 Å². The number of benzene rings is 3. The summed E-state index contributed by atoms with van der Waals surface area (Å²) in [4.78, 5) is 33.4. The Labute approximate surface area is 234 Å². The summed E-state index contributed by atoms with van der Waals surface area (Å²) in [5, 5.41) is 1.74. The van der Waals surface area contributed by atoms with Gasteiger partial charge in [0.25, 0.3) is 5.91 Å². The Balaban J connectivity index is 1.47. The Kier molecular flexibility index (Phi) is 9.49. The minimum atomic E-state index is -0.255. The largest absolute Gasteiger partial charge is 0.497 e. The van der Waals surface area contributed by atoms with Gasteiger partial charge in [0, 0.05) is 41.3 Å². The number of rotatable bonds is 12. The molecule has 0 aliphatic carbocycles. The fraction of sp³-hybridized carbons (Fsp3) is 0.290. The third kappa shape index (κ3) is 7.54. The second-order valence-electron chi connectivity index (χ2n) is 9.63. The molecule has 0 aliphatic rings. The number of H-pyrrole nitrogens is 1. The van der Waals surface area contributed by atoms with Crippen LogP contribution in [0.5, 0.6) is 11.5 Å². The van der Waals surface area contributed by atoms with Gasteiger partial charge in [-0.25, -0.2) is 0 Å². The third-order valence-corrected chi connectivity index (χ3v) is 6.89. The zero-order chi connectivity index (χ0) is 27.8. The molecule has 1 N–H and O–H groups in total. The number of fused-ring (bicyclic) bond motifs is 1. The predicted octanol–water partition coefficient (Wildman–Crippen LogP) is 5.72. The minimum Gasteiger partial charge on any atom is -0.497 e. The fourth-order valence-corrected chi connectivity index (χ4v) is 4.53. The Bertz CT molecular complexity index is 1380. The maximum Gasteiger partial charge on any atom is 0.261 e. The lowest BCUT2D eigenvalue weighted by atomic mass is 10.1. The molecule has 3 aromatic carbocycles. The lowest BCUT2D eigenvalue weighted by Crippen LogP contribution is -2.47. The van der Waals surface area contributed by atoms with Gasteiger partial charge in [0.15, 0.2) is 6.61 Å². The van der Waals surface area contributed by atoms with E-state index >= 15 is 0 Å². The van der Waals surface area contributed by atoms with E-state index in [-0.39, 0.29) is 31.0 Å². The summed E-state index contributed by atoms with van der Waals surface area (Å²) in [6.07, 6.45) is 2.68. The Hall–Kier alpha value is -3.97. The molecule has 8 heteroatoms. The van der Waals surface area contributed by atoms with Crippen molar-refractivity contribution in [3.63, 3.8) is 0 Å². The van der Waals surface area contributed by atoms with E-state index in [0.717, 1.165) is 27.8 Å². The van der Waals surface area contributed by atoms with Crippen molar-refractivity contribution in [1.82, 2.24) is 14.8 Å². The SMILES string of the molecule is COc1ccc(CN(CCc2c[nH]c3ccccc23)C(=O)CN(C(=O)COc2ccc(Cl)cc2)C(C)C)cc1. The molecule has 1 heterocycles. The van der Waals surface area contributed by atoms with Gasteiger partial charge in [-0.05, 0) is 73.9 Å². The van der Waals surface area contributed by atoms with E-state index in [2.05, 4.69) is 11.1 Å². The lowest BCUT2D eigenvalue weighted by Gasteiger charge is -2.30. The lowest BCUT2D eigenvalue weighted by molar-refractivity contribution is -0.143. The maximum absolute atomic E-state index is 13.7. The van der Waals surface area contributed by atoms with Crippen LogP contribution in [0.1, 0.15) is 25.0 Å². The summed E-state index contributed by atoms with van der Waals surface area (Å²) in [7, 11) is 1.63. The third-order valence-electron chi connectivity index (χ3n) is 6.64. The molecule has 0 bridgehead atoms. The van der Waals surface area contributed by atoms with Crippen molar-refractivity contribution >= 4 is 34.3 Å². The highest BCUT2D eigenvalue weighted by Gasteiger charge is 2.24. The number of para-hydroxylation sites is 1. The average molecular weight is 548 g/mol. The van der Waals surface area contributed by atoms with Gasteiger partial charge in [-0.15, -0.1) is 0 Å². The highest BCUT2D eigenvalue weighted by molar-refractivity contribution is 6.30. The topological polar surface area (TPSA) is 74.9 Å². The molecule has 39 heavy (non-hydrogen) atoms. The van der Waals surface area contributed by atoms with Crippen molar-refractivity contribution in [2.24, 2.45) is 0 Å². The van der Waals surface area contributed by atoms with Crippen LogP contribution in [0.4, 0.5) is 0 Å². The Morgan fingerprint density at radius 3 is 2.31 bits per heavy atom. The Morgan fingerprint density at radius 2 is 1.62 bits per heavy atom. The molecule has 2 amide bonds. The van der Waals surface area contributed by atoms with Crippen molar-refractivity contribution < 1.29 is 19.1 Å². The van der Waals surface area contributed by atoms with E-state index < -0.39 is 0 Å². The molecule has 1 aromatic heterocycles. The number of carbonyl (C=O) groups is 2. The summed E-state index contributed by atoms with van der Waals surface area (Å²) in [6.45, 7) is 4.52. The maximum atomic E-state index is 13.7. The fourth-order valence-electron chi connectivity index (χ4n) is 4.40. The van der Waals surface area contributed by atoms with Crippen LogP contribution >= 0.6 is 11.6 Å². The molecular weight excluding hydrogens is 514 g/mol. The van der Waals surface area contributed by atoms with Gasteiger partial charge >= 0.3 is 0 Å². The number of carbonyl (C=O) groups excluding carboxylic acids is 2. The van der Waals surface area contributed by atoms with E-state index in [9.17, 15) is 9.59 Å². The Morgan fingerprint density at radius 1 is 0.923 bits per heavy atom. The second kappa shape index (κ2) is 13.2. The van der Waals surface area contributed by atoms with Crippen LogP contribution in [0, 0.1) is 0 Å². The van der Waals surface area contributed by atoms with Crippen LogP contribution in [0.3, 0.4) is 0 Å². The van der Waals surface area contributed by atoms with Gasteiger partial charge in [-0.3, -0.25) is 9.59 Å². The highest BCUT2D eigenvalue weighted by atomic mass is 35.5. The first-order valence-corrected chi connectivity index (χ1v) is 13.4. The van der Waals surface area contributed by atoms with Crippen LogP contribution in [0.15, 0.2) is 79.0 Å². The number of hydrogen-bond donors (Lipinski definition) is 1. The second-order valence-corrected chi connectivity index (χ2v) is 10.1. The smallest absolute Gasteiger partial charge is 0.261 e. The number of methoxy groups -OCH3 is 1. The van der Waals surface area contributed by atoms with Crippen molar-refractivity contribution in [3.8, 4) is 11.5 Å². The molecule has 0 radical (unpaired) electrons. The summed E-state index contributed by atoms with van der Waals surface area (Å²) in [6, 6.07) is 22.5. The zero-order valence-corrected chi connectivity index (χ0v) is 23.3. The number of amides is 2. The van der Waals surface area contributed by atoms with Crippen LogP contribution in [-0.4, -0.2) is 59.4 Å². The summed E-state index contributed by atoms with van der Waals surface area (Å²) >= 11 is 5.93. The molecule has 0 saturated carbocycles. The molecule has 4 rings (SSSR count). The molecule has 0 aliphatic heterocycles. The van der Waals surface area contributed by atoms with E-state index in [1.165, 1.54) is 0 Å². The normalized spacial score (nSPS) is 11.0. The van der Waals surface area contributed by atoms with Crippen LogP contribution in [-0.2, 0) is 22.6 Å². The van der Waals surface area contributed by atoms with Gasteiger partial charge in [0.1, 0.15) is 18.0 Å². The molecule has 204 valence electrons. The molecule has 7 nitrogen and oxygen atoms in total. The number of aromatic amines is 1. The van der Waals surface area contributed by atoms with Gasteiger partial charge in [-0.1, -0.05) is 41.9 Å². The molecule has 0 unspecified atom stereocenters. The molecule has 0 saturated heterocycles. The van der Waals surface area contributed by atoms with Crippen molar-refractivity contribution in [2.75, 3.05) is 26.8 Å². The molecule has 0 fully saturated rings. The predicted molar refractivity (Wildman–Crippen MR) is 154 cm³/mol. The van der Waals surface area contributed by atoms with Crippen molar-refractivity contribution in [1.29, 1.82) is 0 Å². The van der Waals surface area contributed by atoms with E-state index in [0.29, 0.717) is 30.3 Å². The van der Waals surface area contributed by atoms with Gasteiger partial charge in [-0.2, -0.15) is 0 Å². The van der Waals surface area contributed by atoms with E-state index in [1.54, 1.807) is 36.3 Å². The van der Waals surface area contributed by atoms with E-state index in [1.807, 2.05) is 67.4 Å². The van der Waals surface area contributed by atoms with Crippen LogP contribution in [0.2, 0.25) is 5.02 Å². The molecule has 0 atom stereocenters. The number of ether oxygens (including phenoxy) is 2. The first kappa shape index (κ1) is 28.0. The monoisotopic (exact) mass is 547 g/mol. The van der Waals surface area contributed by atoms with Gasteiger partial charge in [0.2, 0.25) is 5.91 Å². The zero-order valence-electron chi connectivity index (χ0n) is 22.5. The standard InChI is InChI=1S/C31H34ClN3O4/c1-22(2)35(31(37)21-39-27-14-10-25(32)11-15-27)20-30(36)34(19-23-8-12-26(38-3)13-9-23)17-16-24-18-33-29-7-5-4-6-28(24)29/h4-15,18,22,33H,16-17,19-21H2,1-3H3. The van der Waals surface area contributed by atoms with Crippen LogP contribution in [0.25, 0.3) is 10.9 Å². The quantitative estimate of drug-likeness (QED) is 0.246. The molecule has 4 aromatic rings. The van der Waals surface area contributed by atoms with Crippen LogP contribution < -0.4 is 9.47 Å². The number of aromatic nitrogens is 1. The number of nitrogens with one attached hydrogen (secondary N) is 1. The molecule has 0 spiro atoms. The first-order valence-electron chi connectivity index (χ1n) is 13.0. The first-order chi connectivity index (χ1) is 18.8.